The first-order valence-electron chi connectivity index (χ1n) is 4.83. The summed E-state index contributed by atoms with van der Waals surface area (Å²) < 4.78 is 1.62. The van der Waals surface area contributed by atoms with Gasteiger partial charge in [-0.15, -0.1) is 0 Å². The van der Waals surface area contributed by atoms with E-state index < -0.39 is 0 Å². The Labute approximate surface area is 126 Å². The summed E-state index contributed by atoms with van der Waals surface area (Å²) in [4.78, 5) is 15.8. The van der Waals surface area contributed by atoms with Gasteiger partial charge >= 0.3 is 0 Å². The lowest BCUT2D eigenvalue weighted by molar-refractivity contribution is 0.731. The Morgan fingerprint density at radius 2 is 2.00 bits per heavy atom. The van der Waals surface area contributed by atoms with Gasteiger partial charge in [-0.05, 0) is 39.7 Å². The molecule has 94 valence electrons. The second-order valence-electron chi connectivity index (χ2n) is 3.52. The van der Waals surface area contributed by atoms with E-state index in [1.807, 2.05) is 0 Å². The predicted molar refractivity (Wildman–Crippen MR) is 76.8 cm³/mol. The lowest BCUT2D eigenvalue weighted by Crippen LogP contribution is -2.22. The van der Waals surface area contributed by atoms with Gasteiger partial charge in [0.15, 0.2) is 5.15 Å². The number of benzene rings is 1. The molecule has 2 aromatic rings. The third-order valence-corrected chi connectivity index (χ3v) is 4.12. The molecule has 1 aromatic carbocycles. The Kier molecular flexibility index (Phi) is 4.33. The Morgan fingerprint density at radius 1 is 1.28 bits per heavy atom. The van der Waals surface area contributed by atoms with E-state index in [9.17, 15) is 4.79 Å². The number of hydrogen-bond acceptors (Lipinski definition) is 2. The summed E-state index contributed by atoms with van der Waals surface area (Å²) in [6, 6.07) is 5.08. The van der Waals surface area contributed by atoms with Crippen LogP contribution in [0.1, 0.15) is 5.56 Å². The van der Waals surface area contributed by atoms with Crippen LogP contribution in [-0.2, 0) is 6.54 Å². The summed E-state index contributed by atoms with van der Waals surface area (Å²) in [7, 11) is 0. The molecule has 1 heterocycles. The van der Waals surface area contributed by atoms with Gasteiger partial charge in [0, 0.05) is 10.0 Å². The van der Waals surface area contributed by atoms with Crippen LogP contribution in [0.15, 0.2) is 33.8 Å². The van der Waals surface area contributed by atoms with Gasteiger partial charge in [-0.25, -0.2) is 4.98 Å². The van der Waals surface area contributed by atoms with E-state index in [4.69, 9.17) is 34.8 Å². The van der Waals surface area contributed by atoms with Gasteiger partial charge in [-0.2, -0.15) is 0 Å². The number of halogens is 4. The third-order valence-electron chi connectivity index (χ3n) is 2.29. The first-order chi connectivity index (χ1) is 8.49. The van der Waals surface area contributed by atoms with Crippen LogP contribution in [0.3, 0.4) is 0 Å². The minimum atomic E-state index is -0.272. The van der Waals surface area contributed by atoms with Crippen molar-refractivity contribution in [2.24, 2.45) is 0 Å². The van der Waals surface area contributed by atoms with Crippen molar-refractivity contribution in [1.82, 2.24) is 9.55 Å². The second-order valence-corrected chi connectivity index (χ2v) is 5.51. The Morgan fingerprint density at radius 3 is 2.72 bits per heavy atom. The van der Waals surface area contributed by atoms with Crippen LogP contribution in [0, 0.1) is 0 Å². The van der Waals surface area contributed by atoms with Crippen LogP contribution in [0.2, 0.25) is 15.2 Å². The smallest absolute Gasteiger partial charge is 0.269 e. The van der Waals surface area contributed by atoms with Crippen LogP contribution in [-0.4, -0.2) is 9.55 Å². The maximum absolute atomic E-state index is 11.9. The van der Waals surface area contributed by atoms with E-state index in [0.717, 1.165) is 5.56 Å². The molecule has 1 aromatic heterocycles. The van der Waals surface area contributed by atoms with E-state index in [1.165, 1.54) is 10.9 Å². The molecule has 18 heavy (non-hydrogen) atoms. The molecule has 0 aliphatic heterocycles. The first kappa shape index (κ1) is 13.9. The Bertz CT molecular complexity index is 657. The largest absolute Gasteiger partial charge is 0.294 e. The van der Waals surface area contributed by atoms with Crippen molar-refractivity contribution in [3.05, 3.63) is 60.1 Å². The fourth-order valence-corrected chi connectivity index (χ4v) is 2.23. The average Bonchev–Trinajstić information content (AvgIpc) is 2.34. The number of rotatable bonds is 2. The zero-order chi connectivity index (χ0) is 13.3. The van der Waals surface area contributed by atoms with Crippen molar-refractivity contribution in [2.75, 3.05) is 0 Å². The van der Waals surface area contributed by atoms with Crippen LogP contribution in [0.5, 0.6) is 0 Å². The van der Waals surface area contributed by atoms with E-state index in [1.54, 1.807) is 18.2 Å². The highest BCUT2D eigenvalue weighted by Gasteiger charge is 2.09. The molecule has 2 rings (SSSR count). The molecule has 0 amide bonds. The second kappa shape index (κ2) is 5.61. The fourth-order valence-electron chi connectivity index (χ4n) is 1.40. The molecule has 0 bridgehead atoms. The molecule has 0 spiro atoms. The van der Waals surface area contributed by atoms with Crippen molar-refractivity contribution < 1.29 is 0 Å². The number of aromatic nitrogens is 2. The van der Waals surface area contributed by atoms with Crippen molar-refractivity contribution >= 4 is 50.7 Å². The highest BCUT2D eigenvalue weighted by Crippen LogP contribution is 2.21. The van der Waals surface area contributed by atoms with Gasteiger partial charge < -0.3 is 0 Å². The number of hydrogen-bond donors (Lipinski definition) is 0. The van der Waals surface area contributed by atoms with Gasteiger partial charge in [0.25, 0.3) is 5.56 Å². The summed E-state index contributed by atoms with van der Waals surface area (Å²) in [5, 5.41) is 1.23. The summed E-state index contributed by atoms with van der Waals surface area (Å²) in [6.45, 7) is 0.279. The Balaban J connectivity index is 2.44. The van der Waals surface area contributed by atoms with Crippen LogP contribution in [0.4, 0.5) is 0 Å². The van der Waals surface area contributed by atoms with E-state index in [0.29, 0.717) is 10.0 Å². The lowest BCUT2D eigenvalue weighted by Gasteiger charge is -2.08. The molecular weight excluding hydrogens is 362 g/mol. The summed E-state index contributed by atoms with van der Waals surface area (Å²) in [5.41, 5.74) is 0.466. The summed E-state index contributed by atoms with van der Waals surface area (Å²) >= 11 is 20.7. The fraction of sp³-hybridized carbons (Fsp3) is 0.0909. The molecule has 0 saturated carbocycles. The maximum atomic E-state index is 11.9. The van der Waals surface area contributed by atoms with E-state index >= 15 is 0 Å². The molecule has 0 aliphatic rings. The van der Waals surface area contributed by atoms with Gasteiger partial charge in [0.2, 0.25) is 0 Å². The van der Waals surface area contributed by atoms with E-state index in [-0.39, 0.29) is 21.7 Å². The van der Waals surface area contributed by atoms with Crippen molar-refractivity contribution in [1.29, 1.82) is 0 Å². The zero-order valence-electron chi connectivity index (χ0n) is 8.83. The minimum Gasteiger partial charge on any atom is -0.294 e. The molecule has 7 heteroatoms. The monoisotopic (exact) mass is 366 g/mol. The third kappa shape index (κ3) is 2.88. The first-order valence-corrected chi connectivity index (χ1v) is 6.76. The normalized spacial score (nSPS) is 10.7. The molecule has 0 saturated heterocycles. The average molecular weight is 368 g/mol. The molecule has 3 nitrogen and oxygen atoms in total. The lowest BCUT2D eigenvalue weighted by atomic mass is 10.2. The molecule has 0 atom stereocenters. The van der Waals surface area contributed by atoms with Crippen molar-refractivity contribution in [3.63, 3.8) is 0 Å². The highest BCUT2D eigenvalue weighted by atomic mass is 79.9. The molecule has 0 aliphatic carbocycles. The van der Waals surface area contributed by atoms with Crippen LogP contribution < -0.4 is 5.56 Å². The Hall–Kier alpha value is -0.550. The molecular formula is C11H6BrCl3N2O. The van der Waals surface area contributed by atoms with Gasteiger partial charge in [-0.3, -0.25) is 9.36 Å². The van der Waals surface area contributed by atoms with Gasteiger partial charge in [0.1, 0.15) is 4.47 Å². The van der Waals surface area contributed by atoms with Gasteiger partial charge in [0.05, 0.1) is 12.9 Å². The quantitative estimate of drug-likeness (QED) is 0.751. The maximum Gasteiger partial charge on any atom is 0.269 e. The van der Waals surface area contributed by atoms with E-state index in [2.05, 4.69) is 20.9 Å². The molecule has 0 N–H and O–H groups in total. The molecule has 0 unspecified atom stereocenters. The minimum absolute atomic E-state index is 0.133. The molecule has 0 radical (unpaired) electrons. The van der Waals surface area contributed by atoms with Crippen molar-refractivity contribution in [3.8, 4) is 0 Å². The highest BCUT2D eigenvalue weighted by molar-refractivity contribution is 9.10. The van der Waals surface area contributed by atoms with Crippen molar-refractivity contribution in [2.45, 2.75) is 6.54 Å². The standard InChI is InChI=1S/C11H6BrCl3N2O/c12-9-10(15)16-5-17(11(9)18)4-6-3-7(13)1-2-8(6)14/h1-3,5H,4H2. The topological polar surface area (TPSA) is 34.9 Å². The van der Waals surface area contributed by atoms with Crippen LogP contribution >= 0.6 is 50.7 Å². The molecule has 0 fully saturated rings. The SMILES string of the molecule is O=c1c(Br)c(Cl)ncn1Cc1cc(Cl)ccc1Cl. The summed E-state index contributed by atoms with van der Waals surface area (Å²) in [5.74, 6) is 0. The van der Waals surface area contributed by atoms with Crippen LogP contribution in [0.25, 0.3) is 0 Å². The van der Waals surface area contributed by atoms with Gasteiger partial charge in [-0.1, -0.05) is 34.8 Å². The zero-order valence-corrected chi connectivity index (χ0v) is 12.7. The number of nitrogens with zero attached hydrogens (tertiary/aromatic N) is 2. The predicted octanol–water partition coefficient (Wildman–Crippen LogP) is 4.01. The summed E-state index contributed by atoms with van der Waals surface area (Å²) in [6.07, 6.45) is 1.37.